The second-order valence-electron chi connectivity index (χ2n) is 6.42. The molecular weight excluding hydrogens is 374 g/mol. The van der Waals surface area contributed by atoms with Gasteiger partial charge in [0.2, 0.25) is 0 Å². The summed E-state index contributed by atoms with van der Waals surface area (Å²) in [5.74, 6) is -1.03. The summed E-state index contributed by atoms with van der Waals surface area (Å²) in [5.41, 5.74) is 0.999. The molecule has 1 atom stereocenters. The number of carbonyl (C=O) groups is 3. The first-order valence-corrected chi connectivity index (χ1v) is 9.92. The Morgan fingerprint density at radius 1 is 1.00 bits per heavy atom. The highest BCUT2D eigenvalue weighted by molar-refractivity contribution is 7.12. The summed E-state index contributed by atoms with van der Waals surface area (Å²) < 4.78 is 5.00. The number of esters is 1. The fourth-order valence-electron chi connectivity index (χ4n) is 2.98. The second-order valence-corrected chi connectivity index (χ2v) is 7.37. The molecule has 1 amide bonds. The molecule has 0 aliphatic heterocycles. The zero-order valence-electron chi connectivity index (χ0n) is 15.5. The quantitative estimate of drug-likeness (QED) is 0.456. The van der Waals surface area contributed by atoms with Crippen LogP contribution in [0, 0.1) is 0 Å². The molecule has 0 unspecified atom stereocenters. The molecule has 0 radical (unpaired) electrons. The Kier molecular flexibility index (Phi) is 6.55. The number of carbonyl (C=O) groups excluding carboxylic acids is 3. The molecule has 3 rings (SSSR count). The van der Waals surface area contributed by atoms with Crippen LogP contribution in [0.25, 0.3) is 10.8 Å². The van der Waals surface area contributed by atoms with Crippen LogP contribution < -0.4 is 5.32 Å². The number of ether oxygens (including phenoxy) is 1. The van der Waals surface area contributed by atoms with E-state index in [1.807, 2.05) is 54.8 Å². The molecule has 0 aliphatic carbocycles. The van der Waals surface area contributed by atoms with Crippen molar-refractivity contribution in [3.05, 3.63) is 70.4 Å². The highest BCUT2D eigenvalue weighted by Crippen LogP contribution is 2.23. The molecule has 0 bridgehead atoms. The normalized spacial score (nSPS) is 11.8. The average molecular weight is 395 g/mol. The van der Waals surface area contributed by atoms with Gasteiger partial charge in [0.25, 0.3) is 5.91 Å². The van der Waals surface area contributed by atoms with Crippen LogP contribution in [0.5, 0.6) is 0 Å². The van der Waals surface area contributed by atoms with Crippen LogP contribution in [0.15, 0.2) is 60.0 Å². The molecule has 1 heterocycles. The summed E-state index contributed by atoms with van der Waals surface area (Å²) in [6.45, 7) is 1.53. The fourth-order valence-corrected chi connectivity index (χ4v) is 3.68. The van der Waals surface area contributed by atoms with Gasteiger partial charge >= 0.3 is 5.97 Å². The number of fused-ring (bicyclic) bond motifs is 1. The maximum Gasteiger partial charge on any atom is 0.306 e. The number of rotatable bonds is 8. The van der Waals surface area contributed by atoms with Gasteiger partial charge in [-0.25, -0.2) is 0 Å². The lowest BCUT2D eigenvalue weighted by Crippen LogP contribution is -2.31. The molecule has 1 aromatic heterocycles. The van der Waals surface area contributed by atoms with E-state index in [0.717, 1.165) is 16.3 Å². The van der Waals surface area contributed by atoms with Crippen molar-refractivity contribution in [2.24, 2.45) is 0 Å². The number of hydrogen-bond donors (Lipinski definition) is 1. The summed E-state index contributed by atoms with van der Waals surface area (Å²) in [6, 6.07) is 17.2. The minimum atomic E-state index is -0.558. The number of Topliss-reactive ketones (excluding diaryl/α,β-unsaturated/α-hetero) is 1. The molecule has 0 aliphatic rings. The highest BCUT2D eigenvalue weighted by Gasteiger charge is 2.15. The van der Waals surface area contributed by atoms with E-state index in [0.29, 0.717) is 4.88 Å². The number of thiophene rings is 1. The van der Waals surface area contributed by atoms with Crippen LogP contribution >= 0.6 is 11.3 Å². The maximum atomic E-state index is 12.1. The van der Waals surface area contributed by atoms with Crippen LogP contribution in [-0.2, 0) is 14.3 Å². The minimum Gasteiger partial charge on any atom is -0.456 e. The fraction of sp³-hybridized carbons (Fsp3) is 0.227. The maximum absolute atomic E-state index is 12.1. The number of amides is 1. The van der Waals surface area contributed by atoms with Crippen molar-refractivity contribution in [2.45, 2.75) is 25.8 Å². The van der Waals surface area contributed by atoms with Gasteiger partial charge in [0.1, 0.15) is 0 Å². The third kappa shape index (κ3) is 5.04. The van der Waals surface area contributed by atoms with E-state index in [-0.39, 0.29) is 37.2 Å². The lowest BCUT2D eigenvalue weighted by atomic mass is 10.00. The van der Waals surface area contributed by atoms with Crippen molar-refractivity contribution < 1.29 is 19.1 Å². The van der Waals surface area contributed by atoms with Gasteiger partial charge in [-0.1, -0.05) is 48.5 Å². The van der Waals surface area contributed by atoms with E-state index in [2.05, 4.69) is 5.32 Å². The Morgan fingerprint density at radius 3 is 2.57 bits per heavy atom. The highest BCUT2D eigenvalue weighted by atomic mass is 32.1. The second kappa shape index (κ2) is 9.28. The van der Waals surface area contributed by atoms with E-state index in [9.17, 15) is 14.4 Å². The lowest BCUT2D eigenvalue weighted by Gasteiger charge is -2.16. The Hall–Kier alpha value is -2.99. The van der Waals surface area contributed by atoms with E-state index in [1.165, 1.54) is 11.3 Å². The summed E-state index contributed by atoms with van der Waals surface area (Å²) in [7, 11) is 0. The molecule has 28 heavy (non-hydrogen) atoms. The van der Waals surface area contributed by atoms with E-state index < -0.39 is 5.97 Å². The average Bonchev–Trinajstić information content (AvgIpc) is 3.25. The van der Waals surface area contributed by atoms with Crippen LogP contribution in [0.1, 0.15) is 41.0 Å². The van der Waals surface area contributed by atoms with E-state index in [4.69, 9.17) is 4.74 Å². The monoisotopic (exact) mass is 395 g/mol. The van der Waals surface area contributed by atoms with Crippen LogP contribution in [-0.4, -0.2) is 24.3 Å². The van der Waals surface area contributed by atoms with Gasteiger partial charge < -0.3 is 10.1 Å². The van der Waals surface area contributed by atoms with Gasteiger partial charge in [0, 0.05) is 6.42 Å². The number of nitrogens with one attached hydrogen (secondary N) is 1. The van der Waals surface area contributed by atoms with Gasteiger partial charge in [-0.3, -0.25) is 14.4 Å². The predicted molar refractivity (Wildman–Crippen MR) is 109 cm³/mol. The topological polar surface area (TPSA) is 72.5 Å². The Balaban J connectivity index is 1.47. The van der Waals surface area contributed by atoms with Gasteiger partial charge in [-0.2, -0.15) is 0 Å². The lowest BCUT2D eigenvalue weighted by molar-refractivity contribution is -0.148. The Bertz CT molecular complexity index is 976. The van der Waals surface area contributed by atoms with Crippen molar-refractivity contribution >= 4 is 39.8 Å². The minimum absolute atomic E-state index is 0.0388. The summed E-state index contributed by atoms with van der Waals surface area (Å²) in [5, 5.41) is 6.83. The first-order valence-electron chi connectivity index (χ1n) is 9.04. The Labute approximate surface area is 167 Å². The molecule has 144 valence electrons. The van der Waals surface area contributed by atoms with E-state index >= 15 is 0 Å². The molecule has 0 saturated heterocycles. The Morgan fingerprint density at radius 2 is 1.79 bits per heavy atom. The molecule has 0 saturated carbocycles. The first-order chi connectivity index (χ1) is 13.5. The molecule has 3 aromatic rings. The molecule has 1 N–H and O–H groups in total. The van der Waals surface area contributed by atoms with Crippen LogP contribution in [0.3, 0.4) is 0 Å². The summed E-state index contributed by atoms with van der Waals surface area (Å²) in [6.07, 6.45) is 0.0380. The predicted octanol–water partition coefficient (Wildman–Crippen LogP) is 4.28. The van der Waals surface area contributed by atoms with Gasteiger partial charge in [0.15, 0.2) is 12.4 Å². The zero-order valence-corrected chi connectivity index (χ0v) is 16.3. The smallest absolute Gasteiger partial charge is 0.306 e. The molecule has 5 nitrogen and oxygen atoms in total. The van der Waals surface area contributed by atoms with Gasteiger partial charge in [-0.15, -0.1) is 11.3 Å². The SMILES string of the molecule is C[C@@H](NC(=O)COC(=O)CCC(=O)c1cccs1)c1cccc2ccccc12. The standard InChI is InChI=1S/C22H21NO4S/c1-15(17-9-4-7-16-6-2-3-8-18(16)17)23-21(25)14-27-22(26)12-11-19(24)20-10-5-13-28-20/h2-10,13,15H,11-12,14H2,1H3,(H,23,25)/t15-/m1/s1. The van der Waals surface area contributed by atoms with E-state index in [1.54, 1.807) is 12.1 Å². The number of ketones is 1. The summed E-state index contributed by atoms with van der Waals surface area (Å²) >= 11 is 1.34. The molecule has 0 spiro atoms. The van der Waals surface area contributed by atoms with Crippen LogP contribution in [0.4, 0.5) is 0 Å². The van der Waals surface area contributed by atoms with Crippen molar-refractivity contribution in [1.82, 2.24) is 5.32 Å². The first kappa shape index (κ1) is 19.8. The zero-order chi connectivity index (χ0) is 19.9. The number of hydrogen-bond acceptors (Lipinski definition) is 5. The third-order valence-electron chi connectivity index (χ3n) is 4.38. The van der Waals surface area contributed by atoms with Crippen LogP contribution in [0.2, 0.25) is 0 Å². The van der Waals surface area contributed by atoms with Crippen molar-refractivity contribution in [3.8, 4) is 0 Å². The van der Waals surface area contributed by atoms with Gasteiger partial charge in [0.05, 0.1) is 17.3 Å². The van der Waals surface area contributed by atoms with Crippen molar-refractivity contribution in [2.75, 3.05) is 6.61 Å². The molecular formula is C22H21NO4S. The van der Waals surface area contributed by atoms with Crippen molar-refractivity contribution in [1.29, 1.82) is 0 Å². The molecule has 2 aromatic carbocycles. The summed E-state index contributed by atoms with van der Waals surface area (Å²) in [4.78, 5) is 36.4. The molecule has 0 fully saturated rings. The largest absolute Gasteiger partial charge is 0.456 e. The molecule has 6 heteroatoms. The third-order valence-corrected chi connectivity index (χ3v) is 5.29. The van der Waals surface area contributed by atoms with Crippen molar-refractivity contribution in [3.63, 3.8) is 0 Å². The number of benzene rings is 2. The van der Waals surface area contributed by atoms with Gasteiger partial charge in [-0.05, 0) is 34.7 Å².